The summed E-state index contributed by atoms with van der Waals surface area (Å²) in [5.74, 6) is -0.532. The predicted octanol–water partition coefficient (Wildman–Crippen LogP) is 4.38. The second-order valence-corrected chi connectivity index (χ2v) is 4.78. The van der Waals surface area contributed by atoms with Gasteiger partial charge >= 0.3 is 0 Å². The summed E-state index contributed by atoms with van der Waals surface area (Å²) in [4.78, 5) is 8.11. The fourth-order valence-electron chi connectivity index (χ4n) is 1.92. The average molecular weight is 292 g/mol. The van der Waals surface area contributed by atoms with Crippen LogP contribution in [0.4, 0.5) is 8.78 Å². The maximum atomic E-state index is 13.6. The Morgan fingerprint density at radius 3 is 2.48 bits per heavy atom. The lowest BCUT2D eigenvalue weighted by molar-refractivity contribution is 0.303. The zero-order chi connectivity index (χ0) is 15.1. The van der Waals surface area contributed by atoms with E-state index in [0.717, 1.165) is 18.9 Å². The summed E-state index contributed by atoms with van der Waals surface area (Å²) in [6.07, 6.45) is 7.51. The maximum absolute atomic E-state index is 13.6. The third kappa shape index (κ3) is 4.48. The molecule has 0 bridgehead atoms. The molecular formula is C16H18F2N2O. The fourth-order valence-corrected chi connectivity index (χ4v) is 1.92. The van der Waals surface area contributed by atoms with E-state index in [1.807, 2.05) is 0 Å². The lowest BCUT2D eigenvalue weighted by Gasteiger charge is -2.06. The highest BCUT2D eigenvalue weighted by Gasteiger charge is 2.09. The number of unbranched alkanes of at least 4 members (excludes halogenated alkanes) is 3. The van der Waals surface area contributed by atoms with Gasteiger partial charge in [0.2, 0.25) is 0 Å². The van der Waals surface area contributed by atoms with Crippen LogP contribution < -0.4 is 4.74 Å². The predicted molar refractivity (Wildman–Crippen MR) is 77.0 cm³/mol. The highest BCUT2D eigenvalue weighted by Crippen LogP contribution is 2.20. The van der Waals surface area contributed by atoms with Crippen molar-refractivity contribution in [2.75, 3.05) is 6.61 Å². The molecule has 0 aliphatic rings. The van der Waals surface area contributed by atoms with Gasteiger partial charge in [0.25, 0.3) is 0 Å². The van der Waals surface area contributed by atoms with E-state index in [1.54, 1.807) is 0 Å². The van der Waals surface area contributed by atoms with Crippen LogP contribution in [0.15, 0.2) is 30.6 Å². The molecule has 0 unspecified atom stereocenters. The van der Waals surface area contributed by atoms with E-state index in [-0.39, 0.29) is 11.4 Å². The summed E-state index contributed by atoms with van der Waals surface area (Å²) in [5.41, 5.74) is 0.172. The van der Waals surface area contributed by atoms with Crippen molar-refractivity contribution in [1.29, 1.82) is 0 Å². The van der Waals surface area contributed by atoms with E-state index < -0.39 is 11.6 Å². The van der Waals surface area contributed by atoms with E-state index in [2.05, 4.69) is 16.9 Å². The van der Waals surface area contributed by atoms with Crippen molar-refractivity contribution in [3.8, 4) is 17.1 Å². The van der Waals surface area contributed by atoms with Crippen LogP contribution in [0.1, 0.15) is 32.6 Å². The van der Waals surface area contributed by atoms with Crippen LogP contribution in [0, 0.1) is 11.6 Å². The lowest BCUT2D eigenvalue weighted by atomic mass is 10.2. The molecule has 2 aromatic rings. The van der Waals surface area contributed by atoms with Gasteiger partial charge in [0.05, 0.1) is 24.6 Å². The molecule has 2 rings (SSSR count). The standard InChI is InChI=1S/C16H18F2N2O/c1-2-3-4-5-8-21-13-10-19-16(20-11-13)14-7-6-12(17)9-15(14)18/h6-7,9-11H,2-5,8H2,1H3. The number of hydrogen-bond acceptors (Lipinski definition) is 3. The van der Waals surface area contributed by atoms with Gasteiger partial charge in [-0.05, 0) is 18.6 Å². The fraction of sp³-hybridized carbons (Fsp3) is 0.375. The van der Waals surface area contributed by atoms with Gasteiger partial charge in [-0.1, -0.05) is 26.2 Å². The minimum atomic E-state index is -0.678. The summed E-state index contributed by atoms with van der Waals surface area (Å²) >= 11 is 0. The quantitative estimate of drug-likeness (QED) is 0.710. The molecule has 0 aliphatic heterocycles. The molecule has 0 fully saturated rings. The number of halogens is 2. The van der Waals surface area contributed by atoms with Crippen LogP contribution in [0.5, 0.6) is 5.75 Å². The number of rotatable bonds is 7. The van der Waals surface area contributed by atoms with Gasteiger partial charge < -0.3 is 4.74 Å². The molecule has 0 amide bonds. The highest BCUT2D eigenvalue weighted by molar-refractivity contribution is 5.55. The zero-order valence-electron chi connectivity index (χ0n) is 12.0. The van der Waals surface area contributed by atoms with Crippen molar-refractivity contribution in [1.82, 2.24) is 9.97 Å². The van der Waals surface area contributed by atoms with Gasteiger partial charge in [0.1, 0.15) is 11.6 Å². The van der Waals surface area contributed by atoms with Gasteiger partial charge in [0, 0.05) is 6.07 Å². The monoisotopic (exact) mass is 292 g/mol. The second-order valence-electron chi connectivity index (χ2n) is 4.78. The van der Waals surface area contributed by atoms with E-state index in [0.29, 0.717) is 12.4 Å². The summed E-state index contributed by atoms with van der Waals surface area (Å²) < 4.78 is 32.0. The van der Waals surface area contributed by atoms with Gasteiger partial charge in [-0.25, -0.2) is 18.7 Å². The lowest BCUT2D eigenvalue weighted by Crippen LogP contribution is -1.99. The molecule has 5 heteroatoms. The van der Waals surface area contributed by atoms with Crippen molar-refractivity contribution in [3.05, 3.63) is 42.2 Å². The third-order valence-electron chi connectivity index (χ3n) is 3.07. The topological polar surface area (TPSA) is 35.0 Å². The molecular weight excluding hydrogens is 274 g/mol. The molecule has 1 aromatic carbocycles. The van der Waals surface area contributed by atoms with Crippen LogP contribution in [-0.2, 0) is 0 Å². The van der Waals surface area contributed by atoms with E-state index in [9.17, 15) is 8.78 Å². The first kappa shape index (κ1) is 15.4. The van der Waals surface area contributed by atoms with Gasteiger partial charge in [0.15, 0.2) is 11.6 Å². The largest absolute Gasteiger partial charge is 0.490 e. The van der Waals surface area contributed by atoms with E-state index in [1.165, 1.54) is 37.4 Å². The minimum Gasteiger partial charge on any atom is -0.490 e. The van der Waals surface area contributed by atoms with E-state index in [4.69, 9.17) is 4.74 Å². The summed E-state index contributed by atoms with van der Waals surface area (Å²) in [7, 11) is 0. The Kier molecular flexibility index (Phi) is 5.60. The number of ether oxygens (including phenoxy) is 1. The van der Waals surface area contributed by atoms with Crippen molar-refractivity contribution in [2.24, 2.45) is 0 Å². The summed E-state index contributed by atoms with van der Waals surface area (Å²) in [6, 6.07) is 3.32. The normalized spacial score (nSPS) is 10.6. The third-order valence-corrected chi connectivity index (χ3v) is 3.07. The molecule has 112 valence electrons. The molecule has 0 spiro atoms. The molecule has 0 saturated carbocycles. The molecule has 0 radical (unpaired) electrons. The van der Waals surface area contributed by atoms with Crippen LogP contribution >= 0.6 is 0 Å². The van der Waals surface area contributed by atoms with Crippen LogP contribution in [-0.4, -0.2) is 16.6 Å². The van der Waals surface area contributed by atoms with Crippen molar-refractivity contribution >= 4 is 0 Å². The van der Waals surface area contributed by atoms with Crippen LogP contribution in [0.3, 0.4) is 0 Å². The molecule has 1 heterocycles. The Morgan fingerprint density at radius 1 is 1.05 bits per heavy atom. The summed E-state index contributed by atoms with van der Waals surface area (Å²) in [5, 5.41) is 0. The molecule has 21 heavy (non-hydrogen) atoms. The molecule has 3 nitrogen and oxygen atoms in total. The Balaban J connectivity index is 1.95. The number of hydrogen-bond donors (Lipinski definition) is 0. The van der Waals surface area contributed by atoms with Crippen molar-refractivity contribution in [3.63, 3.8) is 0 Å². The number of benzene rings is 1. The van der Waals surface area contributed by atoms with Crippen LogP contribution in [0.2, 0.25) is 0 Å². The van der Waals surface area contributed by atoms with Crippen LogP contribution in [0.25, 0.3) is 11.4 Å². The minimum absolute atomic E-state index is 0.172. The Hall–Kier alpha value is -2.04. The van der Waals surface area contributed by atoms with Gasteiger partial charge in [-0.15, -0.1) is 0 Å². The maximum Gasteiger partial charge on any atom is 0.162 e. The Morgan fingerprint density at radius 2 is 1.81 bits per heavy atom. The smallest absolute Gasteiger partial charge is 0.162 e. The first-order chi connectivity index (χ1) is 10.2. The zero-order valence-corrected chi connectivity index (χ0v) is 12.0. The first-order valence-corrected chi connectivity index (χ1v) is 7.11. The molecule has 0 N–H and O–H groups in total. The molecule has 0 atom stereocenters. The first-order valence-electron chi connectivity index (χ1n) is 7.11. The molecule has 0 saturated heterocycles. The second kappa shape index (κ2) is 7.67. The summed E-state index contributed by atoms with van der Waals surface area (Å²) in [6.45, 7) is 2.77. The van der Waals surface area contributed by atoms with Gasteiger partial charge in [-0.3, -0.25) is 0 Å². The van der Waals surface area contributed by atoms with E-state index >= 15 is 0 Å². The number of aromatic nitrogens is 2. The number of nitrogens with zero attached hydrogens (tertiary/aromatic N) is 2. The Labute approximate surface area is 123 Å². The average Bonchev–Trinajstić information content (AvgIpc) is 2.48. The Bertz CT molecular complexity index is 573. The highest BCUT2D eigenvalue weighted by atomic mass is 19.1. The van der Waals surface area contributed by atoms with Crippen molar-refractivity contribution in [2.45, 2.75) is 32.6 Å². The van der Waals surface area contributed by atoms with Gasteiger partial charge in [-0.2, -0.15) is 0 Å². The van der Waals surface area contributed by atoms with Crippen molar-refractivity contribution < 1.29 is 13.5 Å². The molecule has 0 aliphatic carbocycles. The molecule has 1 aromatic heterocycles. The SMILES string of the molecule is CCCCCCOc1cnc(-c2ccc(F)cc2F)nc1.